The number of aromatic amines is 1. The largest absolute Gasteiger partial charge is 0.410 e. The first-order chi connectivity index (χ1) is 3.80. The minimum Gasteiger partial charge on any atom is -0.358 e. The van der Waals surface area contributed by atoms with Crippen LogP contribution in [0.5, 0.6) is 0 Å². The number of nitrogens with one attached hydrogen (secondary N) is 1. The molecule has 0 aliphatic heterocycles. The molecule has 9 heavy (non-hydrogen) atoms. The Balaban J connectivity index is 0.000000640. The van der Waals surface area contributed by atoms with Crippen LogP contribution in [0.1, 0.15) is 0 Å². The molecule has 1 aromatic rings. The van der Waals surface area contributed by atoms with E-state index in [1.54, 1.807) is 0 Å². The van der Waals surface area contributed by atoms with Gasteiger partial charge in [-0.25, -0.2) is 0 Å². The van der Waals surface area contributed by atoms with E-state index in [0.29, 0.717) is 0 Å². The van der Waals surface area contributed by atoms with Crippen LogP contribution >= 0.6 is 0 Å². The van der Waals surface area contributed by atoms with Gasteiger partial charge in [-0.15, -0.1) is 10.3 Å². The number of H-pyrrole nitrogens is 1. The molecule has 0 saturated carbocycles. The van der Waals surface area contributed by atoms with E-state index in [2.05, 4.69) is 15.4 Å². The molecule has 0 saturated heterocycles. The fourth-order valence-electron chi connectivity index (χ4n) is 0.284. The summed E-state index contributed by atoms with van der Waals surface area (Å²) in [5.74, 6) is -0.259. The molecule has 1 heterocycles. The molecule has 1 N–H and O–H groups in total. The van der Waals surface area contributed by atoms with E-state index < -0.39 is 4.92 Å². The number of hydrogen-bond acceptors (Lipinski definition) is 4. The van der Waals surface area contributed by atoms with Crippen molar-refractivity contribution < 1.29 is 4.92 Å². The fraction of sp³-hybridized carbons (Fsp3) is 0. The van der Waals surface area contributed by atoms with Gasteiger partial charge in [-0.05, 0) is 4.92 Å². The van der Waals surface area contributed by atoms with Gasteiger partial charge in [0.15, 0.2) is 6.20 Å². The Bertz CT molecular complexity index is 184. The Morgan fingerprint density at radius 2 is 2.44 bits per heavy atom. The van der Waals surface area contributed by atoms with Crippen LogP contribution in [0, 0.1) is 10.1 Å². The molecule has 0 amide bonds. The Kier molecular flexibility index (Phi) is 3.67. The van der Waals surface area contributed by atoms with Crippen molar-refractivity contribution in [3.05, 3.63) is 16.3 Å². The molecular weight excluding hydrogens is 152 g/mol. The SMILES string of the molecule is O=[N+]([O-])c1cn[nH]n1.[Ca]. The molecule has 7 heteroatoms. The summed E-state index contributed by atoms with van der Waals surface area (Å²) in [6.07, 6.45) is 1.04. The van der Waals surface area contributed by atoms with Crippen LogP contribution in [0.3, 0.4) is 0 Å². The summed E-state index contributed by atoms with van der Waals surface area (Å²) in [4.78, 5) is 9.12. The minimum atomic E-state index is -0.622. The minimum absolute atomic E-state index is 0. The van der Waals surface area contributed by atoms with Crippen molar-refractivity contribution in [2.75, 3.05) is 0 Å². The van der Waals surface area contributed by atoms with E-state index in [1.165, 1.54) is 0 Å². The third-order valence-corrected chi connectivity index (χ3v) is 0.589. The monoisotopic (exact) mass is 154 g/mol. The topological polar surface area (TPSA) is 84.7 Å². The summed E-state index contributed by atoms with van der Waals surface area (Å²) in [5, 5.41) is 18.3. The maximum Gasteiger partial charge on any atom is 0.410 e. The van der Waals surface area contributed by atoms with E-state index in [-0.39, 0.29) is 43.6 Å². The zero-order valence-corrected chi connectivity index (χ0v) is 6.65. The van der Waals surface area contributed by atoms with Gasteiger partial charge in [-0.3, -0.25) is 0 Å². The number of hydrogen-bond donors (Lipinski definition) is 1. The molecule has 6 nitrogen and oxygen atoms in total. The molecular formula is C2H2CaN4O2. The van der Waals surface area contributed by atoms with Gasteiger partial charge in [0.05, 0.1) is 5.10 Å². The van der Waals surface area contributed by atoms with Crippen molar-refractivity contribution >= 4 is 43.6 Å². The van der Waals surface area contributed by atoms with Gasteiger partial charge in [0.2, 0.25) is 0 Å². The van der Waals surface area contributed by atoms with Crippen LogP contribution in [0.25, 0.3) is 0 Å². The Morgan fingerprint density at radius 1 is 1.78 bits per heavy atom. The predicted molar refractivity (Wildman–Crippen MR) is 28.8 cm³/mol. The second-order valence-corrected chi connectivity index (χ2v) is 1.09. The van der Waals surface area contributed by atoms with Crippen LogP contribution in [-0.2, 0) is 0 Å². The van der Waals surface area contributed by atoms with E-state index in [4.69, 9.17) is 0 Å². The molecule has 0 aliphatic rings. The Morgan fingerprint density at radius 3 is 2.67 bits per heavy atom. The van der Waals surface area contributed by atoms with Gasteiger partial charge in [-0.2, -0.15) is 0 Å². The van der Waals surface area contributed by atoms with E-state index in [1.807, 2.05) is 0 Å². The Hall–Kier alpha value is -0.200. The van der Waals surface area contributed by atoms with Gasteiger partial charge in [0.25, 0.3) is 0 Å². The van der Waals surface area contributed by atoms with Gasteiger partial charge in [-0.1, -0.05) is 0 Å². The van der Waals surface area contributed by atoms with Gasteiger partial charge >= 0.3 is 5.82 Å². The molecule has 0 aliphatic carbocycles. The molecule has 1 rings (SSSR count). The summed E-state index contributed by atoms with van der Waals surface area (Å²) in [6, 6.07) is 0. The molecule has 0 fully saturated rings. The predicted octanol–water partition coefficient (Wildman–Crippen LogP) is -0.668. The van der Waals surface area contributed by atoms with Crippen LogP contribution in [-0.4, -0.2) is 58.1 Å². The van der Waals surface area contributed by atoms with Crippen molar-refractivity contribution in [1.82, 2.24) is 15.4 Å². The van der Waals surface area contributed by atoms with E-state index in [0.717, 1.165) is 6.20 Å². The van der Waals surface area contributed by atoms with E-state index in [9.17, 15) is 10.1 Å². The second-order valence-electron chi connectivity index (χ2n) is 1.09. The van der Waals surface area contributed by atoms with Crippen LogP contribution in [0.4, 0.5) is 5.82 Å². The normalized spacial score (nSPS) is 8.00. The third-order valence-electron chi connectivity index (χ3n) is 0.589. The zero-order chi connectivity index (χ0) is 5.98. The summed E-state index contributed by atoms with van der Waals surface area (Å²) in [6.45, 7) is 0. The first-order valence-electron chi connectivity index (χ1n) is 1.81. The fourth-order valence-corrected chi connectivity index (χ4v) is 0.284. The molecule has 0 aromatic carbocycles. The quantitative estimate of drug-likeness (QED) is 0.330. The average Bonchev–Trinajstić information content (AvgIpc) is 2.12. The summed E-state index contributed by atoms with van der Waals surface area (Å²) in [5.41, 5.74) is 0. The van der Waals surface area contributed by atoms with Crippen LogP contribution in [0.15, 0.2) is 6.20 Å². The summed E-state index contributed by atoms with van der Waals surface area (Å²) in [7, 11) is 0. The third kappa shape index (κ3) is 2.25. The van der Waals surface area contributed by atoms with Crippen molar-refractivity contribution in [3.8, 4) is 0 Å². The molecule has 2 radical (unpaired) electrons. The molecule has 44 valence electrons. The molecule has 0 spiro atoms. The number of aromatic nitrogens is 3. The summed E-state index contributed by atoms with van der Waals surface area (Å²) < 4.78 is 0. The van der Waals surface area contributed by atoms with Crippen molar-refractivity contribution in [1.29, 1.82) is 0 Å². The Labute approximate surface area is 79.8 Å². The first-order valence-corrected chi connectivity index (χ1v) is 1.81. The first kappa shape index (κ1) is 8.80. The number of nitrogens with zero attached hydrogens (tertiary/aromatic N) is 3. The smallest absolute Gasteiger partial charge is 0.358 e. The second kappa shape index (κ2) is 3.76. The van der Waals surface area contributed by atoms with Gasteiger partial charge in [0, 0.05) is 37.7 Å². The molecule has 0 atom stereocenters. The molecule has 0 unspecified atom stereocenters. The van der Waals surface area contributed by atoms with Gasteiger partial charge in [0.1, 0.15) is 0 Å². The standard InChI is InChI=1S/C2H2N4O2.Ca/c7-6(8)2-1-3-5-4-2;/h1H,(H,3,4,5);. The number of nitro groups is 1. The van der Waals surface area contributed by atoms with Crippen LogP contribution in [0.2, 0.25) is 0 Å². The maximum atomic E-state index is 9.75. The average molecular weight is 154 g/mol. The van der Waals surface area contributed by atoms with Crippen LogP contribution < -0.4 is 0 Å². The van der Waals surface area contributed by atoms with Crippen molar-refractivity contribution in [2.24, 2.45) is 0 Å². The maximum absolute atomic E-state index is 9.75. The number of rotatable bonds is 1. The molecule has 0 bridgehead atoms. The van der Waals surface area contributed by atoms with Crippen molar-refractivity contribution in [3.63, 3.8) is 0 Å². The van der Waals surface area contributed by atoms with Gasteiger partial charge < -0.3 is 10.1 Å². The van der Waals surface area contributed by atoms with E-state index >= 15 is 0 Å². The zero-order valence-electron chi connectivity index (χ0n) is 4.44. The summed E-state index contributed by atoms with van der Waals surface area (Å²) >= 11 is 0. The van der Waals surface area contributed by atoms with Crippen molar-refractivity contribution in [2.45, 2.75) is 0 Å². The molecule has 1 aromatic heterocycles.